The van der Waals surface area contributed by atoms with Gasteiger partial charge in [-0.1, -0.05) is 29.8 Å². The lowest BCUT2D eigenvalue weighted by molar-refractivity contribution is -0.144. The number of alkyl halides is 3. The van der Waals surface area contributed by atoms with Gasteiger partial charge >= 0.3 is 24.3 Å². The highest BCUT2D eigenvalue weighted by Crippen LogP contribution is 2.38. The van der Waals surface area contributed by atoms with Gasteiger partial charge in [0, 0.05) is 82.5 Å². The molecule has 0 radical (unpaired) electrons. The van der Waals surface area contributed by atoms with Crippen LogP contribution in [-0.2, 0) is 42.9 Å². The number of nitrogens with zero attached hydrogens (tertiary/aromatic N) is 5. The number of hydrogen-bond acceptors (Lipinski definition) is 10. The van der Waals surface area contributed by atoms with Crippen molar-refractivity contribution in [3.8, 4) is 0 Å². The highest BCUT2D eigenvalue weighted by atomic mass is 35.5. The fourth-order valence-electron chi connectivity index (χ4n) is 9.66. The molecule has 2 aromatic rings. The lowest BCUT2D eigenvalue weighted by Gasteiger charge is -2.42. The number of nitrogen functional groups attached to an aromatic ring is 1. The van der Waals surface area contributed by atoms with Crippen LogP contribution >= 0.6 is 11.6 Å². The van der Waals surface area contributed by atoms with Crippen molar-refractivity contribution < 1.29 is 46.6 Å². The topological polar surface area (TPSA) is 170 Å². The molecule has 0 saturated carbocycles. The molecule has 4 N–H and O–H groups in total. The summed E-state index contributed by atoms with van der Waals surface area (Å²) in [6.07, 6.45) is 0.471. The maximum atomic E-state index is 14.2. The molecule has 5 heterocycles. The van der Waals surface area contributed by atoms with E-state index in [1.54, 1.807) is 9.80 Å². The van der Waals surface area contributed by atoms with Crippen LogP contribution in [0.2, 0.25) is 5.02 Å². The highest BCUT2D eigenvalue weighted by Gasteiger charge is 2.39. The van der Waals surface area contributed by atoms with Gasteiger partial charge in [0.1, 0.15) is 0 Å². The molecule has 15 nitrogen and oxygen atoms in total. The van der Waals surface area contributed by atoms with E-state index in [9.17, 15) is 37.1 Å². The minimum atomic E-state index is -4.80. The van der Waals surface area contributed by atoms with Crippen molar-refractivity contribution in [2.75, 3.05) is 83.1 Å². The normalized spacial score (nSPS) is 20.4. The van der Waals surface area contributed by atoms with Crippen LogP contribution in [0.1, 0.15) is 80.9 Å². The van der Waals surface area contributed by atoms with Crippen LogP contribution in [0.4, 0.5) is 34.1 Å². The van der Waals surface area contributed by atoms with Crippen molar-refractivity contribution in [2.24, 2.45) is 0 Å². The fraction of sp³-hybridized carbons (Fsp3) is 0.622. The van der Waals surface area contributed by atoms with E-state index in [0.29, 0.717) is 71.1 Å². The molecule has 0 aliphatic carbocycles. The standard InChI is InChI=1S/C45H60ClF3N8O7/c46-36-27-30(26-35(41(36)50)45(47,48)49)28-38(64-44(62)56-22-14-34(15-23-56)57-24-9-31-6-1-2-7-37(31)52-43(57)61)42(60)55-20-12-33(13-21-55)53-18-10-32(11-19-53)51-29-40(59)63-25-5-17-54-16-4-3-8-39(54)58/h1-2,6-7,26-27,32-34,38,51H,3-5,8-25,28-29,50H2,(H,52,61)/t38-/m1/s1. The minimum Gasteiger partial charge on any atom is -0.465 e. The molecule has 5 aliphatic rings. The molecular weight excluding hydrogens is 857 g/mol. The molecule has 0 aromatic heterocycles. The van der Waals surface area contributed by atoms with E-state index in [4.69, 9.17) is 26.8 Å². The van der Waals surface area contributed by atoms with Crippen LogP contribution in [0.25, 0.3) is 0 Å². The maximum Gasteiger partial charge on any atom is 0.418 e. The lowest BCUT2D eigenvalue weighted by Crippen LogP contribution is -2.54. The van der Waals surface area contributed by atoms with Crippen molar-refractivity contribution in [2.45, 2.75) is 107 Å². The maximum absolute atomic E-state index is 14.2. The van der Waals surface area contributed by atoms with Gasteiger partial charge in [-0.3, -0.25) is 14.4 Å². The number of halogens is 4. The smallest absolute Gasteiger partial charge is 0.418 e. The van der Waals surface area contributed by atoms with Crippen LogP contribution in [-0.4, -0.2) is 151 Å². The van der Waals surface area contributed by atoms with E-state index in [1.807, 2.05) is 29.2 Å². The number of hydrogen-bond donors (Lipinski definition) is 3. The zero-order valence-corrected chi connectivity index (χ0v) is 37.0. The lowest BCUT2D eigenvalue weighted by atomic mass is 9.97. The number of fused-ring (bicyclic) bond motifs is 1. The number of urea groups is 1. The van der Waals surface area contributed by atoms with Crippen LogP contribution in [0.5, 0.6) is 0 Å². The van der Waals surface area contributed by atoms with E-state index < -0.39 is 35.5 Å². The molecule has 350 valence electrons. The second-order valence-corrected chi connectivity index (χ2v) is 17.9. The number of likely N-dealkylation sites (tertiary alicyclic amines) is 4. The number of esters is 1. The molecule has 0 unspecified atom stereocenters. The highest BCUT2D eigenvalue weighted by molar-refractivity contribution is 6.33. The van der Waals surface area contributed by atoms with Crippen molar-refractivity contribution in [1.29, 1.82) is 0 Å². The quantitative estimate of drug-likeness (QED) is 0.132. The first kappa shape index (κ1) is 47.2. The molecule has 2 aromatic carbocycles. The largest absolute Gasteiger partial charge is 0.465 e. The second kappa shape index (κ2) is 21.5. The summed E-state index contributed by atoms with van der Waals surface area (Å²) in [5.41, 5.74) is 5.82. The first-order valence-corrected chi connectivity index (χ1v) is 23.1. The predicted molar refractivity (Wildman–Crippen MR) is 234 cm³/mol. The Bertz CT molecular complexity index is 1990. The van der Waals surface area contributed by atoms with Gasteiger partial charge in [0.25, 0.3) is 5.91 Å². The van der Waals surface area contributed by atoms with Gasteiger partial charge in [-0.05, 0) is 107 Å². The van der Waals surface area contributed by atoms with E-state index in [0.717, 1.165) is 62.6 Å². The molecule has 4 fully saturated rings. The summed E-state index contributed by atoms with van der Waals surface area (Å²) in [7, 11) is 0. The number of ether oxygens (including phenoxy) is 2. The summed E-state index contributed by atoms with van der Waals surface area (Å²) in [6.45, 7) is 5.16. The number of anilines is 2. The minimum absolute atomic E-state index is 0.0507. The molecule has 0 bridgehead atoms. The number of nitrogens with one attached hydrogen (secondary N) is 2. The Morgan fingerprint density at radius 1 is 0.875 bits per heavy atom. The molecule has 19 heteroatoms. The van der Waals surface area contributed by atoms with Gasteiger partial charge in [0.2, 0.25) is 5.91 Å². The van der Waals surface area contributed by atoms with Gasteiger partial charge in [0.15, 0.2) is 6.10 Å². The summed E-state index contributed by atoms with van der Waals surface area (Å²) >= 11 is 6.16. The first-order valence-electron chi connectivity index (χ1n) is 22.7. The molecule has 5 aliphatic heterocycles. The molecule has 4 saturated heterocycles. The Morgan fingerprint density at radius 3 is 2.30 bits per heavy atom. The zero-order valence-electron chi connectivity index (χ0n) is 36.2. The van der Waals surface area contributed by atoms with Gasteiger partial charge in [-0.25, -0.2) is 9.59 Å². The number of amides is 5. The van der Waals surface area contributed by atoms with Gasteiger partial charge in [-0.15, -0.1) is 0 Å². The summed E-state index contributed by atoms with van der Waals surface area (Å²) in [5.74, 6) is -0.651. The van der Waals surface area contributed by atoms with E-state index >= 15 is 0 Å². The molecular formula is C45H60ClF3N8O7. The third kappa shape index (κ3) is 12.1. The number of rotatable bonds is 13. The van der Waals surface area contributed by atoms with Crippen molar-refractivity contribution in [3.05, 3.63) is 58.1 Å². The van der Waals surface area contributed by atoms with Crippen molar-refractivity contribution in [3.63, 3.8) is 0 Å². The first-order chi connectivity index (χ1) is 30.7. The number of para-hydroxylation sites is 1. The van der Waals surface area contributed by atoms with E-state index in [1.165, 1.54) is 11.0 Å². The summed E-state index contributed by atoms with van der Waals surface area (Å²) < 4.78 is 53.2. The van der Waals surface area contributed by atoms with Gasteiger partial charge < -0.3 is 50.3 Å². The Labute approximate surface area is 377 Å². The van der Waals surface area contributed by atoms with Crippen molar-refractivity contribution >= 4 is 52.9 Å². The Hall–Kier alpha value is -4.81. The van der Waals surface area contributed by atoms with Crippen LogP contribution in [0.15, 0.2) is 36.4 Å². The SMILES string of the molecule is Nc1c(Cl)cc(C[C@@H](OC(=O)N2CCC(N3CCc4ccccc4NC3=O)CC2)C(=O)N2CCC(N3CCC(NCC(=O)OCCCN4CCCCC4=O)CC3)CC2)cc1C(F)(F)F. The van der Waals surface area contributed by atoms with Crippen molar-refractivity contribution in [1.82, 2.24) is 29.8 Å². The van der Waals surface area contributed by atoms with Crippen LogP contribution in [0.3, 0.4) is 0 Å². The molecule has 0 spiro atoms. The van der Waals surface area contributed by atoms with E-state index in [-0.39, 0.29) is 79.3 Å². The average Bonchev–Trinajstić information content (AvgIpc) is 3.46. The molecule has 1 atom stereocenters. The fourth-order valence-corrected chi connectivity index (χ4v) is 9.90. The van der Waals surface area contributed by atoms with Gasteiger partial charge in [-0.2, -0.15) is 13.2 Å². The van der Waals surface area contributed by atoms with Crippen LogP contribution < -0.4 is 16.4 Å². The molecule has 64 heavy (non-hydrogen) atoms. The Balaban J connectivity index is 0.895. The number of carbonyl (C=O) groups is 5. The van der Waals surface area contributed by atoms with E-state index in [2.05, 4.69) is 15.5 Å². The Kier molecular flexibility index (Phi) is 15.8. The van der Waals surface area contributed by atoms with Crippen LogP contribution in [0, 0.1) is 0 Å². The Morgan fingerprint density at radius 2 is 1.58 bits per heavy atom. The summed E-state index contributed by atoms with van der Waals surface area (Å²) in [6, 6.07) is 9.81. The number of benzene rings is 2. The number of carbonyl (C=O) groups excluding carboxylic acids is 5. The number of piperidine rings is 4. The predicted octanol–water partition coefficient (Wildman–Crippen LogP) is 5.53. The molecule has 7 rings (SSSR count). The second-order valence-electron chi connectivity index (χ2n) is 17.5. The third-order valence-corrected chi connectivity index (χ3v) is 13.7. The molecule has 5 amide bonds. The number of nitrogens with two attached hydrogens (primary N) is 1. The monoisotopic (exact) mass is 916 g/mol. The average molecular weight is 917 g/mol. The third-order valence-electron chi connectivity index (χ3n) is 13.4. The zero-order chi connectivity index (χ0) is 45.4. The summed E-state index contributed by atoms with van der Waals surface area (Å²) in [4.78, 5) is 74.6. The van der Waals surface area contributed by atoms with Gasteiger partial charge in [0.05, 0.1) is 29.4 Å². The summed E-state index contributed by atoms with van der Waals surface area (Å²) in [5, 5.41) is 5.99.